The van der Waals surface area contributed by atoms with Gasteiger partial charge >= 0.3 is 0 Å². The molecule has 0 spiro atoms. The van der Waals surface area contributed by atoms with Crippen LogP contribution < -0.4 is 10.0 Å². The van der Waals surface area contributed by atoms with Crippen LogP contribution in [0.2, 0.25) is 0 Å². The van der Waals surface area contributed by atoms with Crippen LogP contribution in [-0.2, 0) is 10.0 Å². The molecule has 7 heteroatoms. The summed E-state index contributed by atoms with van der Waals surface area (Å²) in [6, 6.07) is 1.40. The summed E-state index contributed by atoms with van der Waals surface area (Å²) in [5, 5.41) is 9.41. The Hall–Kier alpha value is -0.920. The van der Waals surface area contributed by atoms with Crippen LogP contribution in [0, 0.1) is 5.92 Å². The first-order chi connectivity index (χ1) is 7.58. The van der Waals surface area contributed by atoms with Gasteiger partial charge in [-0.1, -0.05) is 6.92 Å². The highest BCUT2D eigenvalue weighted by molar-refractivity contribution is 7.89. The number of hydrogen-bond acceptors (Lipinski definition) is 4. The molecule has 2 heterocycles. The van der Waals surface area contributed by atoms with Crippen LogP contribution >= 0.6 is 0 Å². The van der Waals surface area contributed by atoms with E-state index in [1.54, 1.807) is 0 Å². The standard InChI is InChI=1S/C9H16N4O2S/c1-7-4-8(6-10-5-7)13-16(14,15)9-2-3-11-12-9/h2-3,7-8,10,13H,4-6H2,1H3,(H,11,12). The van der Waals surface area contributed by atoms with Crippen molar-refractivity contribution in [2.45, 2.75) is 24.4 Å². The molecule has 1 aromatic heterocycles. The highest BCUT2D eigenvalue weighted by Crippen LogP contribution is 2.12. The smallest absolute Gasteiger partial charge is 0.257 e. The molecule has 1 saturated heterocycles. The number of sulfonamides is 1. The van der Waals surface area contributed by atoms with E-state index in [0.717, 1.165) is 13.0 Å². The van der Waals surface area contributed by atoms with Gasteiger partial charge in [-0.2, -0.15) is 5.10 Å². The number of nitrogens with zero attached hydrogens (tertiary/aromatic N) is 1. The van der Waals surface area contributed by atoms with Gasteiger partial charge in [0, 0.05) is 12.6 Å². The summed E-state index contributed by atoms with van der Waals surface area (Å²) in [7, 11) is -3.45. The summed E-state index contributed by atoms with van der Waals surface area (Å²) >= 11 is 0. The molecular weight excluding hydrogens is 228 g/mol. The summed E-state index contributed by atoms with van der Waals surface area (Å²) in [5.41, 5.74) is 0. The fourth-order valence-corrected chi connectivity index (χ4v) is 3.08. The molecule has 2 unspecified atom stereocenters. The highest BCUT2D eigenvalue weighted by Gasteiger charge is 2.24. The molecule has 0 aliphatic carbocycles. The Morgan fingerprint density at radius 3 is 2.94 bits per heavy atom. The van der Waals surface area contributed by atoms with Crippen molar-refractivity contribution in [3.63, 3.8) is 0 Å². The van der Waals surface area contributed by atoms with Gasteiger partial charge in [0.25, 0.3) is 10.0 Å². The van der Waals surface area contributed by atoms with E-state index in [-0.39, 0.29) is 11.1 Å². The van der Waals surface area contributed by atoms with E-state index < -0.39 is 10.0 Å². The third-order valence-electron chi connectivity index (χ3n) is 2.66. The van der Waals surface area contributed by atoms with E-state index in [1.807, 2.05) is 0 Å². The summed E-state index contributed by atoms with van der Waals surface area (Å²) < 4.78 is 26.4. The lowest BCUT2D eigenvalue weighted by Gasteiger charge is -2.27. The minimum Gasteiger partial charge on any atom is -0.315 e. The molecular formula is C9H16N4O2S. The van der Waals surface area contributed by atoms with Gasteiger partial charge < -0.3 is 5.32 Å². The van der Waals surface area contributed by atoms with Crippen molar-refractivity contribution in [1.82, 2.24) is 20.2 Å². The van der Waals surface area contributed by atoms with Crippen LogP contribution in [0.1, 0.15) is 13.3 Å². The van der Waals surface area contributed by atoms with Crippen LogP contribution in [-0.4, -0.2) is 37.7 Å². The van der Waals surface area contributed by atoms with Crippen molar-refractivity contribution < 1.29 is 8.42 Å². The molecule has 0 radical (unpaired) electrons. The lowest BCUT2D eigenvalue weighted by Crippen LogP contribution is -2.48. The molecule has 2 atom stereocenters. The fourth-order valence-electron chi connectivity index (χ4n) is 1.92. The number of hydrogen-bond donors (Lipinski definition) is 3. The Balaban J connectivity index is 2.04. The first-order valence-electron chi connectivity index (χ1n) is 5.30. The maximum atomic E-state index is 11.9. The molecule has 1 fully saturated rings. The lowest BCUT2D eigenvalue weighted by molar-refractivity contribution is 0.346. The van der Waals surface area contributed by atoms with E-state index in [2.05, 4.69) is 27.2 Å². The second-order valence-corrected chi connectivity index (χ2v) is 5.92. The maximum absolute atomic E-state index is 11.9. The van der Waals surface area contributed by atoms with E-state index in [9.17, 15) is 8.42 Å². The van der Waals surface area contributed by atoms with E-state index in [4.69, 9.17) is 0 Å². The fraction of sp³-hybridized carbons (Fsp3) is 0.667. The zero-order valence-electron chi connectivity index (χ0n) is 9.10. The zero-order chi connectivity index (χ0) is 11.6. The van der Waals surface area contributed by atoms with Crippen LogP contribution in [0.4, 0.5) is 0 Å². The molecule has 1 aliphatic rings. The molecule has 1 aliphatic heterocycles. The topological polar surface area (TPSA) is 86.9 Å². The molecule has 90 valence electrons. The Kier molecular flexibility index (Phi) is 3.27. The monoisotopic (exact) mass is 244 g/mol. The third kappa shape index (κ3) is 2.60. The number of aromatic amines is 1. The molecule has 0 bridgehead atoms. The molecule has 0 aromatic carbocycles. The van der Waals surface area contributed by atoms with Gasteiger partial charge in [0.1, 0.15) is 0 Å². The SMILES string of the molecule is CC1CNCC(NS(=O)(=O)c2ccn[nH]2)C1. The number of aromatic nitrogens is 2. The van der Waals surface area contributed by atoms with E-state index in [1.165, 1.54) is 12.3 Å². The zero-order valence-corrected chi connectivity index (χ0v) is 9.92. The van der Waals surface area contributed by atoms with Crippen LogP contribution in [0.5, 0.6) is 0 Å². The molecule has 2 rings (SSSR count). The molecule has 3 N–H and O–H groups in total. The first kappa shape index (κ1) is 11.6. The van der Waals surface area contributed by atoms with Gasteiger partial charge in [-0.15, -0.1) is 0 Å². The van der Waals surface area contributed by atoms with Crippen molar-refractivity contribution in [2.75, 3.05) is 13.1 Å². The molecule has 1 aromatic rings. The number of nitrogens with one attached hydrogen (secondary N) is 3. The minimum atomic E-state index is -3.45. The van der Waals surface area contributed by atoms with Crippen molar-refractivity contribution >= 4 is 10.0 Å². The van der Waals surface area contributed by atoms with Crippen LogP contribution in [0.3, 0.4) is 0 Å². The second-order valence-electron chi connectivity index (χ2n) is 4.24. The van der Waals surface area contributed by atoms with Gasteiger partial charge in [-0.05, 0) is 24.9 Å². The van der Waals surface area contributed by atoms with Crippen molar-refractivity contribution in [2.24, 2.45) is 5.92 Å². The van der Waals surface area contributed by atoms with Gasteiger partial charge in [-0.25, -0.2) is 13.1 Å². The number of piperidine rings is 1. The maximum Gasteiger partial charge on any atom is 0.257 e. The van der Waals surface area contributed by atoms with Gasteiger partial charge in [0.05, 0.1) is 6.20 Å². The molecule has 0 amide bonds. The first-order valence-corrected chi connectivity index (χ1v) is 6.78. The van der Waals surface area contributed by atoms with Gasteiger partial charge in [-0.3, -0.25) is 5.10 Å². The quantitative estimate of drug-likeness (QED) is 0.680. The lowest BCUT2D eigenvalue weighted by atomic mass is 9.99. The van der Waals surface area contributed by atoms with Crippen LogP contribution in [0.15, 0.2) is 17.3 Å². The minimum absolute atomic E-state index is 0.0444. The normalized spacial score (nSPS) is 26.8. The van der Waals surface area contributed by atoms with E-state index in [0.29, 0.717) is 12.5 Å². The summed E-state index contributed by atoms with van der Waals surface area (Å²) in [4.78, 5) is 0. The number of rotatable bonds is 3. The molecule has 6 nitrogen and oxygen atoms in total. The Bertz CT molecular complexity index is 428. The largest absolute Gasteiger partial charge is 0.315 e. The van der Waals surface area contributed by atoms with E-state index >= 15 is 0 Å². The average molecular weight is 244 g/mol. The average Bonchev–Trinajstić information content (AvgIpc) is 2.69. The summed E-state index contributed by atoms with van der Waals surface area (Å²) in [5.74, 6) is 0.489. The predicted octanol–water partition coefficient (Wildman–Crippen LogP) is -0.314. The summed E-state index contributed by atoms with van der Waals surface area (Å²) in [6.07, 6.45) is 2.29. The predicted molar refractivity (Wildman–Crippen MR) is 59.3 cm³/mol. The number of H-pyrrole nitrogens is 1. The van der Waals surface area contributed by atoms with Gasteiger partial charge in [0.2, 0.25) is 0 Å². The second kappa shape index (κ2) is 4.52. The molecule has 0 saturated carbocycles. The Morgan fingerprint density at radius 1 is 1.50 bits per heavy atom. The van der Waals surface area contributed by atoms with Gasteiger partial charge in [0.15, 0.2) is 5.03 Å². The van der Waals surface area contributed by atoms with Crippen LogP contribution in [0.25, 0.3) is 0 Å². The van der Waals surface area contributed by atoms with Crippen molar-refractivity contribution in [1.29, 1.82) is 0 Å². The third-order valence-corrected chi connectivity index (χ3v) is 4.11. The Labute approximate surface area is 94.9 Å². The van der Waals surface area contributed by atoms with Crippen molar-refractivity contribution in [3.05, 3.63) is 12.3 Å². The Morgan fingerprint density at radius 2 is 2.31 bits per heavy atom. The highest BCUT2D eigenvalue weighted by atomic mass is 32.2. The van der Waals surface area contributed by atoms with Crippen molar-refractivity contribution in [3.8, 4) is 0 Å². The molecule has 16 heavy (non-hydrogen) atoms. The summed E-state index contributed by atoms with van der Waals surface area (Å²) in [6.45, 7) is 3.73.